The van der Waals surface area contributed by atoms with Gasteiger partial charge >= 0.3 is 0 Å². The lowest BCUT2D eigenvalue weighted by atomic mass is 9.82. The topological polar surface area (TPSA) is 0 Å². The first-order valence-electron chi connectivity index (χ1n) is 12.6. The number of thiophene rings is 1. The molecule has 2 aliphatic carbocycles. The van der Waals surface area contributed by atoms with E-state index in [-0.39, 0.29) is 0 Å². The number of allylic oxidation sites excluding steroid dienone is 2. The molecule has 0 bridgehead atoms. The van der Waals surface area contributed by atoms with Crippen LogP contribution in [0.1, 0.15) is 29.5 Å². The van der Waals surface area contributed by atoms with Crippen LogP contribution in [0.2, 0.25) is 13.1 Å². The lowest BCUT2D eigenvalue weighted by Gasteiger charge is -2.21. The van der Waals surface area contributed by atoms with E-state index in [1.165, 1.54) is 42.8 Å². The summed E-state index contributed by atoms with van der Waals surface area (Å²) in [7, 11) is -0.625. The first kappa shape index (κ1) is 22.4. The number of rotatable bonds is 4. The van der Waals surface area contributed by atoms with Gasteiger partial charge in [0.2, 0.25) is 0 Å². The maximum atomic E-state index is 2.50. The Labute approximate surface area is 223 Å². The van der Waals surface area contributed by atoms with E-state index in [4.69, 9.17) is 0 Å². The molecule has 0 amide bonds. The molecule has 1 aliphatic heterocycles. The maximum Gasteiger partial charge on any atom is 0.0775 e. The fourth-order valence-corrected chi connectivity index (χ4v) is 11.7. The minimum Gasteiger partial charge on any atom is -0.136 e. The zero-order chi connectivity index (χ0) is 24.4. The number of hydrogen-bond donors (Lipinski definition) is 0. The van der Waals surface area contributed by atoms with Gasteiger partial charge in [-0.2, -0.15) is 0 Å². The Bertz CT molecular complexity index is 1690. The van der Waals surface area contributed by atoms with E-state index in [0.29, 0.717) is 11.2 Å². The van der Waals surface area contributed by atoms with Gasteiger partial charge in [-0.1, -0.05) is 110 Å². The summed E-state index contributed by atoms with van der Waals surface area (Å²) in [6.45, 7) is 7.29. The van der Waals surface area contributed by atoms with Crippen molar-refractivity contribution in [2.24, 2.45) is 0 Å². The summed E-state index contributed by atoms with van der Waals surface area (Å²) in [6, 6.07) is 33.5. The van der Waals surface area contributed by atoms with Crippen molar-refractivity contribution in [3.63, 3.8) is 0 Å². The first-order valence-corrected chi connectivity index (χ1v) is 16.8. The summed E-state index contributed by atoms with van der Waals surface area (Å²) in [6.07, 6.45) is 2.41. The third-order valence-corrected chi connectivity index (χ3v) is 12.3. The first-order chi connectivity index (χ1) is 17.6. The molecule has 3 aromatic carbocycles. The predicted octanol–water partition coefficient (Wildman–Crippen LogP) is 7.75. The van der Waals surface area contributed by atoms with Gasteiger partial charge in [-0.3, -0.25) is 0 Å². The molecule has 0 nitrogen and oxygen atoms in total. The molecule has 0 saturated carbocycles. The van der Waals surface area contributed by atoms with Gasteiger partial charge in [0.05, 0.1) is 14.0 Å². The van der Waals surface area contributed by atoms with Crippen LogP contribution in [0.3, 0.4) is 0 Å². The number of fused-ring (bicyclic) bond motifs is 3. The minimum atomic E-state index is -0.625. The van der Waals surface area contributed by atoms with E-state index in [1.54, 1.807) is 20.9 Å². The second-order valence-corrected chi connectivity index (χ2v) is 14.8. The molecular weight excluding hydrogens is 489 g/mol. The monoisotopic (exact) mass is 515 g/mol. The molecular formula is C33H27S2Si. The highest BCUT2D eigenvalue weighted by Crippen LogP contribution is 2.58. The van der Waals surface area contributed by atoms with Crippen molar-refractivity contribution in [1.82, 2.24) is 0 Å². The summed E-state index contributed by atoms with van der Waals surface area (Å²) in [5.74, 6) is 0.320. The zero-order valence-electron chi connectivity index (χ0n) is 20.7. The van der Waals surface area contributed by atoms with Crippen molar-refractivity contribution in [3.05, 3.63) is 129 Å². The van der Waals surface area contributed by atoms with Gasteiger partial charge in [-0.15, -0.1) is 23.1 Å². The molecule has 0 fully saturated rings. The Morgan fingerprint density at radius 1 is 0.750 bits per heavy atom. The quantitative estimate of drug-likeness (QED) is 0.250. The van der Waals surface area contributed by atoms with Gasteiger partial charge in [0.25, 0.3) is 0 Å². The van der Waals surface area contributed by atoms with Crippen LogP contribution in [-0.2, 0) is 0 Å². The molecule has 3 aliphatic rings. The Hall–Kier alpha value is -2.85. The molecule has 7 rings (SSSR count). The molecule has 2 heterocycles. The Morgan fingerprint density at radius 3 is 2.14 bits per heavy atom. The summed E-state index contributed by atoms with van der Waals surface area (Å²) < 4.78 is 1.55. The lowest BCUT2D eigenvalue weighted by Crippen LogP contribution is -2.22. The van der Waals surface area contributed by atoms with E-state index in [0.717, 1.165) is 0 Å². The van der Waals surface area contributed by atoms with Crippen molar-refractivity contribution >= 4 is 53.6 Å². The van der Waals surface area contributed by atoms with E-state index in [9.17, 15) is 0 Å². The Morgan fingerprint density at radius 2 is 1.42 bits per heavy atom. The molecule has 175 valence electrons. The molecule has 0 spiro atoms. The second-order valence-electron chi connectivity index (χ2n) is 10.1. The van der Waals surface area contributed by atoms with E-state index in [2.05, 4.69) is 129 Å². The number of hydrogen-bond acceptors (Lipinski definition) is 2. The van der Waals surface area contributed by atoms with E-state index >= 15 is 0 Å². The van der Waals surface area contributed by atoms with Gasteiger partial charge in [0.1, 0.15) is 0 Å². The number of thioether (sulfide) groups is 1. The average molecular weight is 516 g/mol. The van der Waals surface area contributed by atoms with Crippen LogP contribution in [0.5, 0.6) is 0 Å². The summed E-state index contributed by atoms with van der Waals surface area (Å²) in [5.41, 5.74) is 10.1. The third-order valence-electron chi connectivity index (χ3n) is 7.63. The van der Waals surface area contributed by atoms with E-state index < -0.39 is 8.80 Å². The van der Waals surface area contributed by atoms with Crippen LogP contribution >= 0.6 is 23.1 Å². The van der Waals surface area contributed by atoms with Crippen molar-refractivity contribution in [1.29, 1.82) is 0 Å². The van der Waals surface area contributed by atoms with Crippen LogP contribution in [0.25, 0.3) is 32.2 Å². The molecule has 0 saturated heterocycles. The van der Waals surface area contributed by atoms with Crippen molar-refractivity contribution in [2.75, 3.05) is 0 Å². The average Bonchev–Trinajstić information content (AvgIpc) is 3.62. The molecule has 4 aromatic rings. The minimum absolute atomic E-state index is 0.320. The summed E-state index contributed by atoms with van der Waals surface area (Å²) >= 11 is 4.13. The Kier molecular flexibility index (Phi) is 5.35. The van der Waals surface area contributed by atoms with Crippen molar-refractivity contribution < 1.29 is 0 Å². The summed E-state index contributed by atoms with van der Waals surface area (Å²) in [4.78, 5) is 2.87. The molecule has 2 unspecified atom stereocenters. The van der Waals surface area contributed by atoms with Crippen LogP contribution in [0.4, 0.5) is 0 Å². The summed E-state index contributed by atoms with van der Waals surface area (Å²) in [5, 5.41) is 3.65. The molecule has 3 heteroatoms. The molecule has 36 heavy (non-hydrogen) atoms. The fraction of sp³-hybridized carbons (Fsp3) is 0.152. The normalized spacial score (nSPS) is 20.2. The van der Waals surface area contributed by atoms with Crippen LogP contribution in [-0.4, -0.2) is 14.0 Å². The maximum absolute atomic E-state index is 2.50. The fourth-order valence-electron chi connectivity index (χ4n) is 6.10. The lowest BCUT2D eigenvalue weighted by molar-refractivity contribution is 0.985. The van der Waals surface area contributed by atoms with Crippen LogP contribution in [0.15, 0.2) is 102 Å². The predicted molar refractivity (Wildman–Crippen MR) is 161 cm³/mol. The smallest absolute Gasteiger partial charge is 0.0775 e. The van der Waals surface area contributed by atoms with E-state index in [1.807, 2.05) is 11.3 Å². The largest absolute Gasteiger partial charge is 0.136 e. The van der Waals surface area contributed by atoms with Crippen molar-refractivity contribution in [2.45, 2.75) is 31.2 Å². The third kappa shape index (κ3) is 3.33. The van der Waals surface area contributed by atoms with Gasteiger partial charge < -0.3 is 0 Å². The standard InChI is InChI=1S/C33H27S2Si/c1-20-18-23-16-10-11-17-24(23)27(20)29-28-25-19-26(21-12-6-4-7-13-21)34-31(25)33(36(2)3)32(28)35-30(29)22-14-8-5-9-15-22/h4-19,27,32H,1-3H3. The van der Waals surface area contributed by atoms with Gasteiger partial charge in [0, 0.05) is 20.2 Å². The zero-order valence-corrected chi connectivity index (χ0v) is 23.3. The van der Waals surface area contributed by atoms with Gasteiger partial charge in [-0.05, 0) is 56.8 Å². The highest BCUT2D eigenvalue weighted by molar-refractivity contribution is 8.10. The van der Waals surface area contributed by atoms with Crippen molar-refractivity contribution in [3.8, 4) is 10.4 Å². The highest BCUT2D eigenvalue weighted by atomic mass is 32.2. The van der Waals surface area contributed by atoms with Gasteiger partial charge in [0.15, 0.2) is 0 Å². The SMILES string of the molecule is CC1=Cc2ccccc2C1C1=C(c2ccccc2)SC2C1=c1cc(-c3ccccc3)sc1=C2[Si](C)C. The second kappa shape index (κ2) is 8.62. The van der Waals surface area contributed by atoms with Crippen LogP contribution < -0.4 is 9.75 Å². The molecule has 1 aromatic heterocycles. The van der Waals surface area contributed by atoms with Crippen LogP contribution in [0, 0.1) is 0 Å². The van der Waals surface area contributed by atoms with Gasteiger partial charge in [-0.25, -0.2) is 0 Å². The molecule has 1 radical (unpaired) electrons. The molecule has 2 atom stereocenters. The number of benzene rings is 3. The molecule has 0 N–H and O–H groups in total. The highest BCUT2D eigenvalue weighted by Gasteiger charge is 2.43. The Balaban J connectivity index is 1.54.